The molecule has 0 bridgehead atoms. The first kappa shape index (κ1) is 13.5. The Kier molecular flexibility index (Phi) is 3.47. The van der Waals surface area contributed by atoms with E-state index in [0.717, 1.165) is 24.7 Å². The quantitative estimate of drug-likeness (QED) is 0.915. The summed E-state index contributed by atoms with van der Waals surface area (Å²) in [5.41, 5.74) is 6.76. The van der Waals surface area contributed by atoms with Gasteiger partial charge in [0.25, 0.3) is 0 Å². The SMILES string of the molecule is CCC1C(N)CC1c1ccc(S(C)(=O)=O)c(F)c1. The van der Waals surface area contributed by atoms with E-state index < -0.39 is 15.7 Å². The van der Waals surface area contributed by atoms with Gasteiger partial charge >= 0.3 is 0 Å². The highest BCUT2D eigenvalue weighted by Crippen LogP contribution is 2.43. The Morgan fingerprint density at radius 2 is 2.11 bits per heavy atom. The maximum absolute atomic E-state index is 13.8. The molecular weight excluding hydrogens is 253 g/mol. The predicted molar refractivity (Wildman–Crippen MR) is 68.6 cm³/mol. The second kappa shape index (κ2) is 4.63. The van der Waals surface area contributed by atoms with Gasteiger partial charge in [-0.05, 0) is 36.0 Å². The Labute approximate surface area is 107 Å². The average Bonchev–Trinajstić information content (AvgIpc) is 2.24. The van der Waals surface area contributed by atoms with E-state index >= 15 is 0 Å². The molecule has 3 nitrogen and oxygen atoms in total. The van der Waals surface area contributed by atoms with Crippen LogP contribution in [0.2, 0.25) is 0 Å². The van der Waals surface area contributed by atoms with Crippen LogP contribution < -0.4 is 5.73 Å². The molecule has 100 valence electrons. The van der Waals surface area contributed by atoms with Crippen molar-refractivity contribution in [1.29, 1.82) is 0 Å². The minimum Gasteiger partial charge on any atom is -0.327 e. The lowest BCUT2D eigenvalue weighted by molar-refractivity contribution is 0.198. The molecule has 2 rings (SSSR count). The van der Waals surface area contributed by atoms with Crippen LogP contribution in [0.5, 0.6) is 0 Å². The van der Waals surface area contributed by atoms with Crippen LogP contribution in [0.1, 0.15) is 31.2 Å². The molecule has 3 unspecified atom stereocenters. The normalized spacial score (nSPS) is 27.9. The zero-order valence-corrected chi connectivity index (χ0v) is 11.4. The van der Waals surface area contributed by atoms with Gasteiger partial charge in [-0.2, -0.15) is 0 Å². The average molecular weight is 271 g/mol. The molecule has 1 saturated carbocycles. The Bertz CT molecular complexity index is 556. The van der Waals surface area contributed by atoms with Gasteiger partial charge < -0.3 is 5.73 Å². The fourth-order valence-corrected chi connectivity index (χ4v) is 3.49. The van der Waals surface area contributed by atoms with Gasteiger partial charge in [0.2, 0.25) is 0 Å². The lowest BCUT2D eigenvalue weighted by Gasteiger charge is -2.42. The molecule has 1 aliphatic rings. The van der Waals surface area contributed by atoms with Crippen LogP contribution in [-0.4, -0.2) is 20.7 Å². The highest BCUT2D eigenvalue weighted by atomic mass is 32.2. The van der Waals surface area contributed by atoms with E-state index in [0.29, 0.717) is 5.92 Å². The summed E-state index contributed by atoms with van der Waals surface area (Å²) in [4.78, 5) is -0.233. The first-order chi connectivity index (χ1) is 8.34. The molecule has 1 fully saturated rings. The molecule has 1 aromatic rings. The molecule has 18 heavy (non-hydrogen) atoms. The molecule has 1 aliphatic carbocycles. The number of rotatable bonds is 3. The van der Waals surface area contributed by atoms with E-state index in [2.05, 4.69) is 6.92 Å². The molecule has 0 radical (unpaired) electrons. The Hall–Kier alpha value is -0.940. The van der Waals surface area contributed by atoms with Crippen molar-refractivity contribution in [3.8, 4) is 0 Å². The first-order valence-electron chi connectivity index (χ1n) is 6.09. The van der Waals surface area contributed by atoms with Gasteiger partial charge in [-0.15, -0.1) is 0 Å². The van der Waals surface area contributed by atoms with Crippen molar-refractivity contribution in [1.82, 2.24) is 0 Å². The third kappa shape index (κ3) is 2.29. The van der Waals surface area contributed by atoms with E-state index in [-0.39, 0.29) is 16.9 Å². The molecule has 5 heteroatoms. The molecule has 0 heterocycles. The van der Waals surface area contributed by atoms with Crippen LogP contribution in [0, 0.1) is 11.7 Å². The zero-order chi connectivity index (χ0) is 13.5. The van der Waals surface area contributed by atoms with E-state index in [9.17, 15) is 12.8 Å². The van der Waals surface area contributed by atoms with Gasteiger partial charge in [0.1, 0.15) is 10.7 Å². The minimum atomic E-state index is -3.49. The second-order valence-electron chi connectivity index (χ2n) is 5.04. The maximum atomic E-state index is 13.8. The maximum Gasteiger partial charge on any atom is 0.178 e. The van der Waals surface area contributed by atoms with E-state index in [4.69, 9.17) is 5.73 Å². The van der Waals surface area contributed by atoms with E-state index in [1.807, 2.05) is 0 Å². The molecule has 0 aromatic heterocycles. The fraction of sp³-hybridized carbons (Fsp3) is 0.538. The Morgan fingerprint density at radius 1 is 1.44 bits per heavy atom. The van der Waals surface area contributed by atoms with Crippen LogP contribution in [0.15, 0.2) is 23.1 Å². The summed E-state index contributed by atoms with van der Waals surface area (Å²) in [6.45, 7) is 2.07. The molecule has 2 N–H and O–H groups in total. The summed E-state index contributed by atoms with van der Waals surface area (Å²) in [5, 5.41) is 0. The molecule has 0 amide bonds. The molecule has 0 saturated heterocycles. The number of sulfone groups is 1. The zero-order valence-electron chi connectivity index (χ0n) is 10.6. The topological polar surface area (TPSA) is 60.2 Å². The number of halogens is 1. The van der Waals surface area contributed by atoms with Crippen molar-refractivity contribution in [2.24, 2.45) is 11.7 Å². The van der Waals surface area contributed by atoms with Crippen molar-refractivity contribution < 1.29 is 12.8 Å². The van der Waals surface area contributed by atoms with Gasteiger partial charge in [-0.1, -0.05) is 19.4 Å². The van der Waals surface area contributed by atoms with Crippen LogP contribution in [0.4, 0.5) is 4.39 Å². The summed E-state index contributed by atoms with van der Waals surface area (Å²) >= 11 is 0. The van der Waals surface area contributed by atoms with Crippen LogP contribution in [0.25, 0.3) is 0 Å². The number of hydrogen-bond donors (Lipinski definition) is 1. The summed E-state index contributed by atoms with van der Waals surface area (Å²) in [5.74, 6) is -0.0353. The molecular formula is C13H18FNO2S. The van der Waals surface area contributed by atoms with Gasteiger partial charge in [0.05, 0.1) is 0 Å². The second-order valence-corrected chi connectivity index (χ2v) is 7.02. The first-order valence-corrected chi connectivity index (χ1v) is 7.98. The van der Waals surface area contributed by atoms with Crippen LogP contribution in [0.3, 0.4) is 0 Å². The Morgan fingerprint density at radius 3 is 2.56 bits per heavy atom. The van der Waals surface area contributed by atoms with E-state index in [1.54, 1.807) is 6.07 Å². The van der Waals surface area contributed by atoms with Crippen molar-refractivity contribution in [3.05, 3.63) is 29.6 Å². The monoisotopic (exact) mass is 271 g/mol. The lowest BCUT2D eigenvalue weighted by Crippen LogP contribution is -2.45. The number of hydrogen-bond acceptors (Lipinski definition) is 3. The summed E-state index contributed by atoms with van der Waals surface area (Å²) in [7, 11) is -3.49. The Balaban J connectivity index is 2.31. The van der Waals surface area contributed by atoms with Crippen molar-refractivity contribution in [2.75, 3.05) is 6.26 Å². The minimum absolute atomic E-state index is 0.178. The van der Waals surface area contributed by atoms with Gasteiger partial charge in [0, 0.05) is 12.3 Å². The predicted octanol–water partition coefficient (Wildman–Crippen LogP) is 2.07. The van der Waals surface area contributed by atoms with Gasteiger partial charge in [-0.25, -0.2) is 12.8 Å². The standard InChI is InChI=1S/C13H18FNO2S/c1-3-9-10(7-12(9)15)8-4-5-13(11(14)6-8)18(2,16)17/h4-6,9-10,12H,3,7,15H2,1-2H3. The highest BCUT2D eigenvalue weighted by Gasteiger charge is 2.38. The third-order valence-corrected chi connectivity index (χ3v) is 4.98. The largest absolute Gasteiger partial charge is 0.327 e. The fourth-order valence-electron chi connectivity index (χ4n) is 2.76. The molecule has 3 atom stereocenters. The summed E-state index contributed by atoms with van der Waals surface area (Å²) in [6.07, 6.45) is 2.82. The molecule has 0 spiro atoms. The van der Waals surface area contributed by atoms with Crippen molar-refractivity contribution >= 4 is 9.84 Å². The number of nitrogens with two attached hydrogens (primary N) is 1. The van der Waals surface area contributed by atoms with Gasteiger partial charge in [0.15, 0.2) is 9.84 Å². The third-order valence-electron chi connectivity index (χ3n) is 3.85. The lowest BCUT2D eigenvalue weighted by atomic mass is 9.65. The van der Waals surface area contributed by atoms with Gasteiger partial charge in [-0.3, -0.25) is 0 Å². The van der Waals surface area contributed by atoms with Crippen molar-refractivity contribution in [2.45, 2.75) is 36.6 Å². The summed E-state index contributed by atoms with van der Waals surface area (Å²) in [6, 6.07) is 4.59. The number of benzene rings is 1. The van der Waals surface area contributed by atoms with E-state index in [1.165, 1.54) is 12.1 Å². The van der Waals surface area contributed by atoms with Crippen molar-refractivity contribution in [3.63, 3.8) is 0 Å². The smallest absolute Gasteiger partial charge is 0.178 e. The molecule has 1 aromatic carbocycles. The summed E-state index contributed by atoms with van der Waals surface area (Å²) < 4.78 is 36.4. The highest BCUT2D eigenvalue weighted by molar-refractivity contribution is 7.90. The van der Waals surface area contributed by atoms with Crippen LogP contribution in [-0.2, 0) is 9.84 Å². The molecule has 0 aliphatic heterocycles. The van der Waals surface area contributed by atoms with Crippen LogP contribution >= 0.6 is 0 Å².